The van der Waals surface area contributed by atoms with E-state index in [2.05, 4.69) is 10.3 Å². The Morgan fingerprint density at radius 1 is 1.20 bits per heavy atom. The normalized spacial score (nSPS) is 10.3. The van der Waals surface area contributed by atoms with Crippen LogP contribution in [-0.2, 0) is 24.4 Å². The molecular formula is C16H18N2O2. The minimum atomic E-state index is -0.0435. The molecule has 0 fully saturated rings. The number of carbonyl (C=O) groups excluding carboxylic acids is 1. The lowest BCUT2D eigenvalue weighted by Crippen LogP contribution is -2.25. The Kier molecular flexibility index (Phi) is 4.85. The average molecular weight is 270 g/mol. The fraction of sp³-hybridized carbons (Fsp3) is 0.250. The molecule has 4 nitrogen and oxygen atoms in total. The summed E-state index contributed by atoms with van der Waals surface area (Å²) in [6.07, 6.45) is 1.99. The zero-order valence-electron chi connectivity index (χ0n) is 11.5. The van der Waals surface area contributed by atoms with Gasteiger partial charge in [0.05, 0.1) is 18.7 Å². The molecule has 1 heterocycles. The molecule has 1 aromatic carbocycles. The molecule has 0 aliphatic rings. The Morgan fingerprint density at radius 3 is 2.55 bits per heavy atom. The maximum absolute atomic E-state index is 11.9. The van der Waals surface area contributed by atoms with Crippen molar-refractivity contribution in [2.75, 3.05) is 0 Å². The number of rotatable bonds is 5. The highest BCUT2D eigenvalue weighted by Gasteiger charge is 2.06. The summed E-state index contributed by atoms with van der Waals surface area (Å²) in [4.78, 5) is 16.1. The molecule has 1 aromatic heterocycles. The van der Waals surface area contributed by atoms with E-state index >= 15 is 0 Å². The molecule has 0 spiro atoms. The molecule has 0 saturated carbocycles. The van der Waals surface area contributed by atoms with Gasteiger partial charge in [-0.15, -0.1) is 0 Å². The fourth-order valence-electron chi connectivity index (χ4n) is 1.88. The molecule has 0 bridgehead atoms. The van der Waals surface area contributed by atoms with Crippen molar-refractivity contribution in [1.82, 2.24) is 10.3 Å². The third-order valence-corrected chi connectivity index (χ3v) is 3.14. The van der Waals surface area contributed by atoms with Crippen molar-refractivity contribution in [2.45, 2.75) is 26.5 Å². The van der Waals surface area contributed by atoms with Gasteiger partial charge in [-0.25, -0.2) is 0 Å². The Balaban J connectivity index is 1.87. The fourth-order valence-corrected chi connectivity index (χ4v) is 1.88. The highest BCUT2D eigenvalue weighted by atomic mass is 16.3. The molecule has 0 atom stereocenters. The summed E-state index contributed by atoms with van der Waals surface area (Å²) >= 11 is 0. The second-order valence-corrected chi connectivity index (χ2v) is 4.70. The molecule has 2 N–H and O–H groups in total. The highest BCUT2D eigenvalue weighted by Crippen LogP contribution is 2.06. The van der Waals surface area contributed by atoms with Crippen molar-refractivity contribution in [3.05, 3.63) is 65.0 Å². The number of pyridine rings is 1. The maximum atomic E-state index is 11.9. The van der Waals surface area contributed by atoms with E-state index in [1.165, 1.54) is 0 Å². The van der Waals surface area contributed by atoms with E-state index in [4.69, 9.17) is 5.11 Å². The summed E-state index contributed by atoms with van der Waals surface area (Å²) in [5.74, 6) is -0.0435. The number of hydrogen-bond donors (Lipinski definition) is 2. The second-order valence-electron chi connectivity index (χ2n) is 4.70. The SMILES string of the molecule is Cc1cccnc1CC(=O)NCc1ccc(CO)cc1. The van der Waals surface area contributed by atoms with Crippen LogP contribution in [0.25, 0.3) is 0 Å². The zero-order chi connectivity index (χ0) is 14.4. The van der Waals surface area contributed by atoms with Crippen molar-refractivity contribution in [1.29, 1.82) is 0 Å². The van der Waals surface area contributed by atoms with Gasteiger partial charge in [0, 0.05) is 12.7 Å². The molecule has 20 heavy (non-hydrogen) atoms. The van der Waals surface area contributed by atoms with Crippen LogP contribution >= 0.6 is 0 Å². The summed E-state index contributed by atoms with van der Waals surface area (Å²) in [5, 5.41) is 11.8. The largest absolute Gasteiger partial charge is 0.392 e. The Labute approximate surface area is 118 Å². The van der Waals surface area contributed by atoms with Gasteiger partial charge in [-0.3, -0.25) is 9.78 Å². The molecule has 0 saturated heterocycles. The van der Waals surface area contributed by atoms with Gasteiger partial charge < -0.3 is 10.4 Å². The predicted octanol–water partition coefficient (Wildman–Crippen LogP) is 1.74. The molecule has 0 aliphatic heterocycles. The molecular weight excluding hydrogens is 252 g/mol. The first kappa shape index (κ1) is 14.2. The van der Waals surface area contributed by atoms with Crippen LogP contribution in [0.1, 0.15) is 22.4 Å². The van der Waals surface area contributed by atoms with Crippen molar-refractivity contribution < 1.29 is 9.90 Å². The van der Waals surface area contributed by atoms with Crippen LogP contribution in [0.4, 0.5) is 0 Å². The van der Waals surface area contributed by atoms with Crippen LogP contribution in [0.15, 0.2) is 42.6 Å². The minimum Gasteiger partial charge on any atom is -0.392 e. The first-order valence-corrected chi connectivity index (χ1v) is 6.55. The number of benzene rings is 1. The molecule has 104 valence electrons. The van der Waals surface area contributed by atoms with Crippen LogP contribution < -0.4 is 5.32 Å². The van der Waals surface area contributed by atoms with Crippen LogP contribution in [0, 0.1) is 6.92 Å². The molecule has 0 unspecified atom stereocenters. The molecule has 2 aromatic rings. The number of nitrogens with one attached hydrogen (secondary N) is 1. The number of carbonyl (C=O) groups is 1. The zero-order valence-corrected chi connectivity index (χ0v) is 11.5. The lowest BCUT2D eigenvalue weighted by molar-refractivity contribution is -0.120. The smallest absolute Gasteiger partial charge is 0.226 e. The Morgan fingerprint density at radius 2 is 1.90 bits per heavy atom. The van der Waals surface area contributed by atoms with E-state index in [9.17, 15) is 4.79 Å². The average Bonchev–Trinajstić information content (AvgIpc) is 2.48. The third kappa shape index (κ3) is 3.90. The first-order chi connectivity index (χ1) is 9.69. The van der Waals surface area contributed by atoms with Gasteiger partial charge in [0.2, 0.25) is 5.91 Å². The van der Waals surface area contributed by atoms with Crippen LogP contribution in [0.5, 0.6) is 0 Å². The maximum Gasteiger partial charge on any atom is 0.226 e. The van der Waals surface area contributed by atoms with E-state index in [0.717, 1.165) is 22.4 Å². The molecule has 2 rings (SSSR count). The predicted molar refractivity (Wildman–Crippen MR) is 76.9 cm³/mol. The van der Waals surface area contributed by atoms with Crippen molar-refractivity contribution in [2.24, 2.45) is 0 Å². The summed E-state index contributed by atoms with van der Waals surface area (Å²) in [6.45, 7) is 2.46. The van der Waals surface area contributed by atoms with Gasteiger partial charge in [0.15, 0.2) is 0 Å². The topological polar surface area (TPSA) is 62.2 Å². The monoisotopic (exact) mass is 270 g/mol. The number of aliphatic hydroxyl groups excluding tert-OH is 1. The number of aromatic nitrogens is 1. The van der Waals surface area contributed by atoms with Gasteiger partial charge in [-0.2, -0.15) is 0 Å². The van der Waals surface area contributed by atoms with E-state index in [1.54, 1.807) is 6.20 Å². The number of nitrogens with zero attached hydrogens (tertiary/aromatic N) is 1. The minimum absolute atomic E-state index is 0.0333. The second kappa shape index (κ2) is 6.82. The van der Waals surface area contributed by atoms with E-state index in [1.807, 2.05) is 43.3 Å². The number of aryl methyl sites for hydroxylation is 1. The van der Waals surface area contributed by atoms with Crippen molar-refractivity contribution in [3.8, 4) is 0 Å². The summed E-state index contributed by atoms with van der Waals surface area (Å²) in [5.41, 5.74) is 3.70. The lowest BCUT2D eigenvalue weighted by Gasteiger charge is -2.07. The van der Waals surface area contributed by atoms with E-state index < -0.39 is 0 Å². The summed E-state index contributed by atoms with van der Waals surface area (Å²) in [6, 6.07) is 11.3. The van der Waals surface area contributed by atoms with Gasteiger partial charge in [0.1, 0.15) is 0 Å². The summed E-state index contributed by atoms with van der Waals surface area (Å²) < 4.78 is 0. The van der Waals surface area contributed by atoms with E-state index in [0.29, 0.717) is 13.0 Å². The molecule has 0 aliphatic carbocycles. The highest BCUT2D eigenvalue weighted by molar-refractivity contribution is 5.78. The van der Waals surface area contributed by atoms with Gasteiger partial charge >= 0.3 is 0 Å². The number of amides is 1. The molecule has 1 amide bonds. The Bertz CT molecular complexity index is 579. The Hall–Kier alpha value is -2.20. The molecule has 4 heteroatoms. The quantitative estimate of drug-likeness (QED) is 0.870. The van der Waals surface area contributed by atoms with E-state index in [-0.39, 0.29) is 12.5 Å². The third-order valence-electron chi connectivity index (χ3n) is 3.14. The number of aliphatic hydroxyl groups is 1. The standard InChI is InChI=1S/C16H18N2O2/c1-12-3-2-8-17-15(12)9-16(20)18-10-13-4-6-14(11-19)7-5-13/h2-8,19H,9-11H2,1H3,(H,18,20). The van der Waals surface area contributed by atoms with Crippen LogP contribution in [0.2, 0.25) is 0 Å². The molecule has 0 radical (unpaired) electrons. The van der Waals surface area contributed by atoms with Gasteiger partial charge in [-0.1, -0.05) is 30.3 Å². The van der Waals surface area contributed by atoms with Crippen molar-refractivity contribution >= 4 is 5.91 Å². The van der Waals surface area contributed by atoms with Crippen LogP contribution in [0.3, 0.4) is 0 Å². The number of hydrogen-bond acceptors (Lipinski definition) is 3. The van der Waals surface area contributed by atoms with Gasteiger partial charge in [-0.05, 0) is 29.7 Å². The summed E-state index contributed by atoms with van der Waals surface area (Å²) in [7, 11) is 0. The van der Waals surface area contributed by atoms with Crippen LogP contribution in [-0.4, -0.2) is 16.0 Å². The van der Waals surface area contributed by atoms with Crippen molar-refractivity contribution in [3.63, 3.8) is 0 Å². The first-order valence-electron chi connectivity index (χ1n) is 6.55. The van der Waals surface area contributed by atoms with Gasteiger partial charge in [0.25, 0.3) is 0 Å². The lowest BCUT2D eigenvalue weighted by atomic mass is 10.1.